The van der Waals surface area contributed by atoms with Crippen LogP contribution < -0.4 is 9.64 Å². The van der Waals surface area contributed by atoms with E-state index in [-0.39, 0.29) is 11.8 Å². The third-order valence-corrected chi connectivity index (χ3v) is 4.36. The molecule has 0 amide bonds. The second-order valence-corrected chi connectivity index (χ2v) is 6.17. The van der Waals surface area contributed by atoms with E-state index in [1.54, 1.807) is 18.2 Å². The number of anilines is 1. The van der Waals surface area contributed by atoms with Crippen molar-refractivity contribution in [3.63, 3.8) is 0 Å². The molecule has 26 heavy (non-hydrogen) atoms. The van der Waals surface area contributed by atoms with Crippen LogP contribution in [0.5, 0.6) is 5.75 Å². The Labute approximate surface area is 152 Å². The molecule has 7 heteroatoms. The lowest BCUT2D eigenvalue weighted by Crippen LogP contribution is -2.39. The van der Waals surface area contributed by atoms with Crippen LogP contribution in [0, 0.1) is 18.3 Å². The number of esters is 1. The van der Waals surface area contributed by atoms with E-state index in [0.717, 1.165) is 43.1 Å². The van der Waals surface area contributed by atoms with Crippen molar-refractivity contribution in [3.05, 3.63) is 47.2 Å². The van der Waals surface area contributed by atoms with Crippen LogP contribution in [-0.4, -0.2) is 42.5 Å². The number of nitriles is 1. The highest BCUT2D eigenvalue weighted by molar-refractivity contribution is 5.87. The van der Waals surface area contributed by atoms with E-state index in [0.29, 0.717) is 5.56 Å². The third kappa shape index (κ3) is 3.91. The molecule has 0 spiro atoms. The number of aryl methyl sites for hydroxylation is 1. The number of carbonyl (C=O) groups excluding carboxylic acids is 1. The van der Waals surface area contributed by atoms with Crippen molar-refractivity contribution in [1.82, 2.24) is 10.2 Å². The molecule has 0 radical (unpaired) electrons. The van der Waals surface area contributed by atoms with Gasteiger partial charge in [0, 0.05) is 25.9 Å². The third-order valence-electron chi connectivity index (χ3n) is 4.36. The minimum absolute atomic E-state index is 0.0998. The van der Waals surface area contributed by atoms with E-state index in [1.165, 1.54) is 7.11 Å². The molecule has 1 aliphatic rings. The smallest absolute Gasteiger partial charge is 0.358 e. The number of hydrogen-bond acceptors (Lipinski definition) is 7. The largest absolute Gasteiger partial charge is 0.490 e. The van der Waals surface area contributed by atoms with Crippen molar-refractivity contribution in [2.24, 2.45) is 0 Å². The zero-order chi connectivity index (χ0) is 18.5. The van der Waals surface area contributed by atoms with Crippen molar-refractivity contribution in [2.75, 3.05) is 25.1 Å². The van der Waals surface area contributed by atoms with Gasteiger partial charge in [-0.15, -0.1) is 10.2 Å². The summed E-state index contributed by atoms with van der Waals surface area (Å²) in [5.41, 5.74) is 1.70. The van der Waals surface area contributed by atoms with Crippen LogP contribution >= 0.6 is 0 Å². The molecule has 0 saturated carbocycles. The molecule has 1 fully saturated rings. The van der Waals surface area contributed by atoms with Crippen molar-refractivity contribution in [1.29, 1.82) is 5.26 Å². The number of ether oxygens (including phenoxy) is 2. The van der Waals surface area contributed by atoms with Gasteiger partial charge in [0.05, 0.1) is 18.7 Å². The Hall–Kier alpha value is -3.14. The molecule has 1 saturated heterocycles. The van der Waals surface area contributed by atoms with Gasteiger partial charge in [0.2, 0.25) is 0 Å². The Bertz CT molecular complexity index is 839. The van der Waals surface area contributed by atoms with Gasteiger partial charge in [0.25, 0.3) is 0 Å². The second kappa shape index (κ2) is 7.83. The van der Waals surface area contributed by atoms with E-state index >= 15 is 0 Å². The molecule has 1 aromatic heterocycles. The fraction of sp³-hybridized carbons (Fsp3) is 0.368. The molecular weight excluding hydrogens is 332 g/mol. The molecule has 7 nitrogen and oxygen atoms in total. The highest BCUT2D eigenvalue weighted by Gasteiger charge is 2.23. The van der Waals surface area contributed by atoms with Crippen molar-refractivity contribution in [2.45, 2.75) is 25.9 Å². The number of benzene rings is 1. The van der Waals surface area contributed by atoms with Crippen molar-refractivity contribution >= 4 is 11.8 Å². The summed E-state index contributed by atoms with van der Waals surface area (Å²) >= 11 is 0. The number of hydrogen-bond donors (Lipinski definition) is 0. The Balaban J connectivity index is 1.61. The molecule has 2 heterocycles. The zero-order valence-electron chi connectivity index (χ0n) is 14.8. The molecule has 0 aliphatic carbocycles. The summed E-state index contributed by atoms with van der Waals surface area (Å²) in [5.74, 6) is 1.02. The summed E-state index contributed by atoms with van der Waals surface area (Å²) in [5, 5.41) is 17.1. The van der Waals surface area contributed by atoms with Crippen LogP contribution in [0.3, 0.4) is 0 Å². The Morgan fingerprint density at radius 3 is 2.69 bits per heavy atom. The second-order valence-electron chi connectivity index (χ2n) is 6.17. The lowest BCUT2D eigenvalue weighted by atomic mass is 10.1. The minimum atomic E-state index is -0.487. The van der Waals surface area contributed by atoms with E-state index in [2.05, 4.69) is 25.9 Å². The molecule has 0 unspecified atom stereocenters. The molecule has 2 aromatic rings. The fourth-order valence-electron chi connectivity index (χ4n) is 3.01. The Morgan fingerprint density at radius 1 is 1.27 bits per heavy atom. The van der Waals surface area contributed by atoms with Gasteiger partial charge < -0.3 is 14.4 Å². The number of carbonyl (C=O) groups is 1. The average Bonchev–Trinajstić information content (AvgIpc) is 2.68. The van der Waals surface area contributed by atoms with E-state index in [1.807, 2.05) is 19.1 Å². The summed E-state index contributed by atoms with van der Waals surface area (Å²) < 4.78 is 10.7. The molecule has 0 bridgehead atoms. The van der Waals surface area contributed by atoms with Gasteiger partial charge in [0.15, 0.2) is 11.5 Å². The minimum Gasteiger partial charge on any atom is -0.490 e. The van der Waals surface area contributed by atoms with E-state index < -0.39 is 5.97 Å². The first kappa shape index (κ1) is 17.7. The predicted molar refractivity (Wildman–Crippen MR) is 95.1 cm³/mol. The molecule has 0 N–H and O–H groups in total. The highest BCUT2D eigenvalue weighted by Crippen LogP contribution is 2.24. The zero-order valence-corrected chi connectivity index (χ0v) is 14.8. The van der Waals surface area contributed by atoms with Crippen LogP contribution in [0.2, 0.25) is 0 Å². The predicted octanol–water partition coefficient (Wildman–Crippen LogP) is 2.49. The number of rotatable bonds is 4. The van der Waals surface area contributed by atoms with E-state index in [9.17, 15) is 4.79 Å². The monoisotopic (exact) mass is 352 g/mol. The molecule has 1 aliphatic heterocycles. The summed E-state index contributed by atoms with van der Waals surface area (Å²) in [6.45, 7) is 3.48. The first-order valence-electron chi connectivity index (χ1n) is 8.45. The maximum atomic E-state index is 11.5. The molecule has 134 valence electrons. The molecule has 1 aromatic carbocycles. The van der Waals surface area contributed by atoms with Crippen LogP contribution in [0.1, 0.15) is 34.5 Å². The van der Waals surface area contributed by atoms with Crippen LogP contribution in [-0.2, 0) is 4.74 Å². The first-order valence-corrected chi connectivity index (χ1v) is 8.45. The molecule has 0 atom stereocenters. The lowest BCUT2D eigenvalue weighted by Gasteiger charge is -2.33. The van der Waals surface area contributed by atoms with Gasteiger partial charge in [-0.25, -0.2) is 4.79 Å². The summed E-state index contributed by atoms with van der Waals surface area (Å²) in [6, 6.07) is 11.0. The number of nitrogens with zero attached hydrogens (tertiary/aromatic N) is 4. The van der Waals surface area contributed by atoms with Crippen LogP contribution in [0.25, 0.3) is 0 Å². The standard InChI is InChI=1S/C19H20N4O3/c1-13-10-17(19(24)25-2)21-22-18(13)23-8-6-15(7-9-23)26-16-5-3-4-14(11-16)12-20/h3-5,10-11,15H,6-9H2,1-2H3. The van der Waals surface area contributed by atoms with Gasteiger partial charge in [-0.05, 0) is 36.8 Å². The first-order chi connectivity index (χ1) is 12.6. The summed E-state index contributed by atoms with van der Waals surface area (Å²) in [6.07, 6.45) is 1.79. The molecular formula is C19H20N4O3. The van der Waals surface area contributed by atoms with E-state index in [4.69, 9.17) is 10.00 Å². The summed E-state index contributed by atoms with van der Waals surface area (Å²) in [4.78, 5) is 13.7. The number of piperidine rings is 1. The highest BCUT2D eigenvalue weighted by atomic mass is 16.5. The fourth-order valence-corrected chi connectivity index (χ4v) is 3.01. The Morgan fingerprint density at radius 2 is 2.04 bits per heavy atom. The SMILES string of the molecule is COC(=O)c1cc(C)c(N2CCC(Oc3cccc(C#N)c3)CC2)nn1. The van der Waals surface area contributed by atoms with Gasteiger partial charge in [-0.3, -0.25) is 0 Å². The van der Waals surface area contributed by atoms with Crippen LogP contribution in [0.15, 0.2) is 30.3 Å². The van der Waals surface area contributed by atoms with Crippen molar-refractivity contribution in [3.8, 4) is 11.8 Å². The lowest BCUT2D eigenvalue weighted by molar-refractivity contribution is 0.0592. The van der Waals surface area contributed by atoms with Gasteiger partial charge in [-0.1, -0.05) is 6.07 Å². The summed E-state index contributed by atoms with van der Waals surface area (Å²) in [7, 11) is 1.32. The van der Waals surface area contributed by atoms with Gasteiger partial charge in [0.1, 0.15) is 11.9 Å². The number of methoxy groups -OCH3 is 1. The quantitative estimate of drug-likeness (QED) is 0.781. The van der Waals surface area contributed by atoms with Gasteiger partial charge >= 0.3 is 5.97 Å². The maximum absolute atomic E-state index is 11.5. The molecule has 3 rings (SSSR count). The van der Waals surface area contributed by atoms with Gasteiger partial charge in [-0.2, -0.15) is 5.26 Å². The van der Waals surface area contributed by atoms with Crippen LogP contribution in [0.4, 0.5) is 5.82 Å². The normalized spacial score (nSPS) is 14.6. The topological polar surface area (TPSA) is 88.3 Å². The Kier molecular flexibility index (Phi) is 5.32. The number of aromatic nitrogens is 2. The average molecular weight is 352 g/mol. The maximum Gasteiger partial charge on any atom is 0.358 e. The van der Waals surface area contributed by atoms with Crippen molar-refractivity contribution < 1.29 is 14.3 Å².